The largest absolute Gasteiger partial charge is 0.436 e. The van der Waals surface area contributed by atoms with Gasteiger partial charge in [-0.15, -0.1) is 0 Å². The standard InChI is InChI=1S/C12H13BrF3N5O/c1-3-21-6-7(5-18-21)4-17-11(22)9-8(13)10(12(14,15)16)19-20(9)2/h5-6H,3-4H2,1-2H3,(H,17,22). The average Bonchev–Trinajstić information content (AvgIpc) is 3.00. The van der Waals surface area contributed by atoms with Crippen LogP contribution in [0.5, 0.6) is 0 Å². The molecule has 6 nitrogen and oxygen atoms in total. The van der Waals surface area contributed by atoms with E-state index in [9.17, 15) is 18.0 Å². The number of hydrogen-bond acceptors (Lipinski definition) is 3. The van der Waals surface area contributed by atoms with Gasteiger partial charge >= 0.3 is 6.18 Å². The SMILES string of the molecule is CCn1cc(CNC(=O)c2c(Br)c(C(F)(F)F)nn2C)cn1. The Morgan fingerprint density at radius 2 is 2.14 bits per heavy atom. The average molecular weight is 380 g/mol. The summed E-state index contributed by atoms with van der Waals surface area (Å²) in [5.41, 5.74) is -0.557. The van der Waals surface area contributed by atoms with Gasteiger partial charge < -0.3 is 5.32 Å². The number of nitrogens with zero attached hydrogens (tertiary/aromatic N) is 4. The molecule has 0 spiro atoms. The molecule has 2 heterocycles. The molecule has 120 valence electrons. The van der Waals surface area contributed by atoms with Crippen LogP contribution >= 0.6 is 15.9 Å². The highest BCUT2D eigenvalue weighted by Crippen LogP contribution is 2.35. The molecule has 0 saturated carbocycles. The molecule has 0 aliphatic heterocycles. The van der Waals surface area contributed by atoms with Crippen molar-refractivity contribution < 1.29 is 18.0 Å². The number of carbonyl (C=O) groups excluding carboxylic acids is 1. The highest BCUT2D eigenvalue weighted by molar-refractivity contribution is 9.10. The molecule has 0 bridgehead atoms. The van der Waals surface area contributed by atoms with Crippen LogP contribution in [0, 0.1) is 0 Å². The van der Waals surface area contributed by atoms with Gasteiger partial charge in [-0.2, -0.15) is 23.4 Å². The summed E-state index contributed by atoms with van der Waals surface area (Å²) < 4.78 is 40.5. The quantitative estimate of drug-likeness (QED) is 0.886. The number of aromatic nitrogens is 4. The van der Waals surface area contributed by atoms with Gasteiger partial charge in [-0.1, -0.05) is 0 Å². The first-order valence-electron chi connectivity index (χ1n) is 6.33. The summed E-state index contributed by atoms with van der Waals surface area (Å²) in [6, 6.07) is 0. The van der Waals surface area contributed by atoms with E-state index in [1.54, 1.807) is 17.1 Å². The maximum absolute atomic E-state index is 12.7. The monoisotopic (exact) mass is 379 g/mol. The lowest BCUT2D eigenvalue weighted by Crippen LogP contribution is -2.25. The van der Waals surface area contributed by atoms with E-state index in [1.165, 1.54) is 7.05 Å². The van der Waals surface area contributed by atoms with Crippen LogP contribution < -0.4 is 5.32 Å². The number of halogens is 4. The lowest BCUT2D eigenvalue weighted by molar-refractivity contribution is -0.142. The summed E-state index contributed by atoms with van der Waals surface area (Å²) in [5.74, 6) is -0.651. The summed E-state index contributed by atoms with van der Waals surface area (Å²) in [5, 5.41) is 9.94. The molecule has 1 N–H and O–H groups in total. The van der Waals surface area contributed by atoms with Gasteiger partial charge in [0, 0.05) is 31.9 Å². The fourth-order valence-electron chi connectivity index (χ4n) is 1.86. The summed E-state index contributed by atoms with van der Waals surface area (Å²) in [6.45, 7) is 2.77. The first-order chi connectivity index (χ1) is 10.2. The van der Waals surface area contributed by atoms with E-state index in [-0.39, 0.29) is 16.7 Å². The molecule has 10 heteroatoms. The Labute approximate surface area is 132 Å². The predicted octanol–water partition coefficient (Wildman–Crippen LogP) is 2.35. The lowest BCUT2D eigenvalue weighted by Gasteiger charge is -2.05. The van der Waals surface area contributed by atoms with Crippen molar-refractivity contribution in [1.82, 2.24) is 24.9 Å². The van der Waals surface area contributed by atoms with E-state index in [1.807, 2.05) is 6.92 Å². The molecule has 2 aromatic heterocycles. The first kappa shape index (κ1) is 16.5. The number of aryl methyl sites for hydroxylation is 2. The van der Waals surface area contributed by atoms with E-state index in [0.29, 0.717) is 6.54 Å². The van der Waals surface area contributed by atoms with Crippen molar-refractivity contribution >= 4 is 21.8 Å². The molecule has 0 saturated heterocycles. The van der Waals surface area contributed by atoms with Crippen molar-refractivity contribution in [1.29, 1.82) is 0 Å². The van der Waals surface area contributed by atoms with Gasteiger partial charge in [0.25, 0.3) is 5.91 Å². The van der Waals surface area contributed by atoms with E-state index in [0.717, 1.165) is 10.2 Å². The second kappa shape index (κ2) is 6.11. The molecule has 22 heavy (non-hydrogen) atoms. The number of hydrogen-bond donors (Lipinski definition) is 1. The molecule has 0 aromatic carbocycles. The van der Waals surface area contributed by atoms with Crippen molar-refractivity contribution in [3.8, 4) is 0 Å². The molecule has 2 aromatic rings. The van der Waals surface area contributed by atoms with Crippen LogP contribution in [-0.2, 0) is 26.3 Å². The maximum atomic E-state index is 12.7. The van der Waals surface area contributed by atoms with Gasteiger partial charge in [-0.25, -0.2) is 0 Å². The summed E-state index contributed by atoms with van der Waals surface area (Å²) in [7, 11) is 1.28. The molecule has 2 rings (SSSR count). The smallest absolute Gasteiger partial charge is 0.346 e. The van der Waals surface area contributed by atoms with Gasteiger partial charge in [0.1, 0.15) is 5.69 Å². The second-order valence-corrected chi connectivity index (χ2v) is 5.31. The zero-order valence-electron chi connectivity index (χ0n) is 11.8. The van der Waals surface area contributed by atoms with Crippen LogP contribution in [0.4, 0.5) is 13.2 Å². The Morgan fingerprint density at radius 1 is 1.45 bits per heavy atom. The van der Waals surface area contributed by atoms with E-state index >= 15 is 0 Å². The minimum Gasteiger partial charge on any atom is -0.346 e. The van der Waals surface area contributed by atoms with Crippen LogP contribution in [0.1, 0.15) is 28.7 Å². The molecule has 0 fully saturated rings. The highest BCUT2D eigenvalue weighted by atomic mass is 79.9. The minimum atomic E-state index is -4.63. The molecular formula is C12H13BrF3N5O. The van der Waals surface area contributed by atoms with Crippen LogP contribution in [0.25, 0.3) is 0 Å². The van der Waals surface area contributed by atoms with Gasteiger partial charge in [0.2, 0.25) is 0 Å². The Hall–Kier alpha value is -1.84. The molecule has 0 unspecified atom stereocenters. The minimum absolute atomic E-state index is 0.164. The first-order valence-corrected chi connectivity index (χ1v) is 7.12. The predicted molar refractivity (Wildman–Crippen MR) is 75.0 cm³/mol. The maximum Gasteiger partial charge on any atom is 0.436 e. The molecule has 0 aliphatic rings. The third kappa shape index (κ3) is 3.32. The highest BCUT2D eigenvalue weighted by Gasteiger charge is 2.39. The Balaban J connectivity index is 2.14. The summed E-state index contributed by atoms with van der Waals surface area (Å²) in [4.78, 5) is 12.1. The number of rotatable bonds is 4. The number of alkyl halides is 3. The number of carbonyl (C=O) groups is 1. The third-order valence-electron chi connectivity index (χ3n) is 2.94. The van der Waals surface area contributed by atoms with Crippen LogP contribution in [0.15, 0.2) is 16.9 Å². The normalized spacial score (nSPS) is 11.7. The van der Waals surface area contributed by atoms with Crippen molar-refractivity contribution in [2.75, 3.05) is 0 Å². The van der Waals surface area contributed by atoms with Gasteiger partial charge in [0.15, 0.2) is 5.69 Å². The van der Waals surface area contributed by atoms with Crippen LogP contribution in [0.3, 0.4) is 0 Å². The molecule has 0 atom stereocenters. The van der Waals surface area contributed by atoms with Crippen molar-refractivity contribution in [3.05, 3.63) is 33.8 Å². The molecular weight excluding hydrogens is 367 g/mol. The van der Waals surface area contributed by atoms with E-state index in [4.69, 9.17) is 0 Å². The fraction of sp³-hybridized carbons (Fsp3) is 0.417. The topological polar surface area (TPSA) is 64.7 Å². The van der Waals surface area contributed by atoms with Gasteiger partial charge in [-0.05, 0) is 22.9 Å². The van der Waals surface area contributed by atoms with Crippen LogP contribution in [0.2, 0.25) is 0 Å². The zero-order chi connectivity index (χ0) is 16.5. The van der Waals surface area contributed by atoms with Crippen LogP contribution in [-0.4, -0.2) is 25.5 Å². The van der Waals surface area contributed by atoms with Crippen molar-refractivity contribution in [3.63, 3.8) is 0 Å². The molecule has 1 amide bonds. The van der Waals surface area contributed by atoms with Gasteiger partial charge in [0.05, 0.1) is 10.7 Å². The third-order valence-corrected chi connectivity index (χ3v) is 3.69. The fourth-order valence-corrected chi connectivity index (χ4v) is 2.60. The Morgan fingerprint density at radius 3 is 2.64 bits per heavy atom. The van der Waals surface area contributed by atoms with Crippen molar-refractivity contribution in [2.24, 2.45) is 7.05 Å². The molecule has 0 aliphatic carbocycles. The second-order valence-electron chi connectivity index (χ2n) is 4.52. The summed E-state index contributed by atoms with van der Waals surface area (Å²) >= 11 is 2.80. The number of nitrogens with one attached hydrogen (secondary N) is 1. The lowest BCUT2D eigenvalue weighted by atomic mass is 10.3. The van der Waals surface area contributed by atoms with Crippen molar-refractivity contribution in [2.45, 2.75) is 26.2 Å². The summed E-state index contributed by atoms with van der Waals surface area (Å²) in [6.07, 6.45) is -1.29. The zero-order valence-corrected chi connectivity index (χ0v) is 13.4. The Kier molecular flexibility index (Phi) is 4.59. The number of amides is 1. The van der Waals surface area contributed by atoms with Gasteiger partial charge in [-0.3, -0.25) is 14.2 Å². The molecule has 0 radical (unpaired) electrons. The van der Waals surface area contributed by atoms with E-state index < -0.39 is 17.8 Å². The Bertz CT molecular complexity index is 691. The van der Waals surface area contributed by atoms with E-state index in [2.05, 4.69) is 31.4 Å².